The summed E-state index contributed by atoms with van der Waals surface area (Å²) in [7, 11) is -4.18. The number of carbonyl (C=O) groups excluding carboxylic acids is 3. The third-order valence-corrected chi connectivity index (χ3v) is 5.49. The van der Waals surface area contributed by atoms with Crippen molar-refractivity contribution in [3.8, 4) is 0 Å². The lowest BCUT2D eigenvalue weighted by atomic mass is 9.99. The van der Waals surface area contributed by atoms with Crippen molar-refractivity contribution >= 4 is 26.8 Å². The van der Waals surface area contributed by atoms with Crippen molar-refractivity contribution in [1.29, 1.82) is 0 Å². The number of carbonyl (C=O) groups is 3. The molecule has 0 radical (unpaired) electrons. The molecule has 0 aromatic carbocycles. The molecule has 0 aromatic rings. The van der Waals surface area contributed by atoms with E-state index < -0.39 is 44.9 Å². The van der Waals surface area contributed by atoms with Crippen LogP contribution in [0.15, 0.2) is 12.0 Å². The Labute approximate surface area is 175 Å². The maximum Gasteiger partial charge on any atom is 0.272 e. The Hall–Kier alpha value is -1.74. The Morgan fingerprint density at radius 2 is 1.24 bits per heavy atom. The molecular weight excluding hydrogens is 394 g/mol. The lowest BCUT2D eigenvalue weighted by Gasteiger charge is -2.25. The van der Waals surface area contributed by atoms with E-state index in [0.717, 1.165) is 0 Å². The number of sulfone groups is 1. The van der Waals surface area contributed by atoms with Gasteiger partial charge < -0.3 is 16.4 Å². The maximum absolute atomic E-state index is 12.8. The van der Waals surface area contributed by atoms with Gasteiger partial charge in [-0.2, -0.15) is 0 Å². The third-order valence-electron chi connectivity index (χ3n) is 4.21. The predicted octanol–water partition coefficient (Wildman–Crippen LogP) is 1.51. The fourth-order valence-corrected chi connectivity index (χ4v) is 3.55. The minimum atomic E-state index is -4.18. The molecule has 9 heteroatoms. The summed E-state index contributed by atoms with van der Waals surface area (Å²) in [5.74, 6) is -0.817. The first-order valence-corrected chi connectivity index (χ1v) is 11.5. The highest BCUT2D eigenvalue weighted by Gasteiger charge is 2.33. The van der Waals surface area contributed by atoms with E-state index in [4.69, 9.17) is 5.73 Å². The first kappa shape index (κ1) is 27.3. The third kappa shape index (κ3) is 10.0. The molecule has 0 saturated heterocycles. The van der Waals surface area contributed by atoms with Crippen molar-refractivity contribution in [2.24, 2.45) is 23.5 Å². The van der Waals surface area contributed by atoms with E-state index in [2.05, 4.69) is 17.2 Å². The molecule has 0 heterocycles. The molecule has 0 aliphatic rings. The molecule has 29 heavy (non-hydrogen) atoms. The molecule has 0 fully saturated rings. The largest absolute Gasteiger partial charge is 0.343 e. The van der Waals surface area contributed by atoms with Crippen LogP contribution in [0.5, 0.6) is 0 Å². The molecule has 0 aliphatic carbocycles. The molecule has 2 amide bonds. The van der Waals surface area contributed by atoms with Crippen LogP contribution in [0.3, 0.4) is 0 Å². The number of rotatable bonds is 12. The smallest absolute Gasteiger partial charge is 0.272 e. The Kier molecular flexibility index (Phi) is 11.3. The summed E-state index contributed by atoms with van der Waals surface area (Å²) in [5.41, 5.74) is 5.90. The van der Waals surface area contributed by atoms with Gasteiger partial charge in [0.05, 0.1) is 6.04 Å². The van der Waals surface area contributed by atoms with Gasteiger partial charge >= 0.3 is 0 Å². The highest BCUT2D eigenvalue weighted by molar-refractivity contribution is 8.08. The number of amides is 2. The molecule has 0 saturated carbocycles. The molecule has 0 aromatic heterocycles. The molecule has 8 nitrogen and oxygen atoms in total. The number of nitrogens with one attached hydrogen (secondary N) is 2. The average Bonchev–Trinajstić information content (AvgIpc) is 2.58. The molecule has 3 atom stereocenters. The van der Waals surface area contributed by atoms with E-state index in [1.54, 1.807) is 0 Å². The van der Waals surface area contributed by atoms with Crippen LogP contribution in [0.4, 0.5) is 0 Å². The second-order valence-electron chi connectivity index (χ2n) is 8.65. The zero-order valence-corrected chi connectivity index (χ0v) is 19.2. The lowest BCUT2D eigenvalue weighted by Crippen LogP contribution is -2.55. The van der Waals surface area contributed by atoms with E-state index in [-0.39, 0.29) is 24.2 Å². The fourth-order valence-electron chi connectivity index (χ4n) is 2.83. The second kappa shape index (κ2) is 12.1. The van der Waals surface area contributed by atoms with Gasteiger partial charge in [-0.25, -0.2) is 8.42 Å². The normalized spacial score (nSPS) is 15.1. The van der Waals surface area contributed by atoms with Crippen LogP contribution in [0.1, 0.15) is 60.8 Å². The van der Waals surface area contributed by atoms with Crippen LogP contribution in [0.2, 0.25) is 0 Å². The van der Waals surface area contributed by atoms with E-state index in [0.29, 0.717) is 18.2 Å². The van der Waals surface area contributed by atoms with Crippen LogP contribution in [-0.2, 0) is 24.2 Å². The molecule has 168 valence electrons. The van der Waals surface area contributed by atoms with Gasteiger partial charge in [0.25, 0.3) is 5.12 Å². The molecule has 4 N–H and O–H groups in total. The predicted molar refractivity (Wildman–Crippen MR) is 114 cm³/mol. The summed E-state index contributed by atoms with van der Waals surface area (Å²) >= 11 is 0. The van der Waals surface area contributed by atoms with Crippen LogP contribution in [-0.4, -0.2) is 43.5 Å². The molecular formula is C20H37N3O5S. The van der Waals surface area contributed by atoms with Crippen molar-refractivity contribution in [2.75, 3.05) is 0 Å². The van der Waals surface area contributed by atoms with Gasteiger partial charge in [-0.15, -0.1) is 0 Å². The molecule has 0 unspecified atom stereocenters. The highest BCUT2D eigenvalue weighted by Crippen LogP contribution is 2.12. The van der Waals surface area contributed by atoms with E-state index in [1.165, 1.54) is 0 Å². The molecule has 0 bridgehead atoms. The minimum Gasteiger partial charge on any atom is -0.343 e. The number of hydrogen-bond acceptors (Lipinski definition) is 6. The molecule has 0 aliphatic heterocycles. The Morgan fingerprint density at radius 1 is 0.828 bits per heavy atom. The van der Waals surface area contributed by atoms with Gasteiger partial charge in [0, 0.05) is 5.41 Å². The summed E-state index contributed by atoms with van der Waals surface area (Å²) < 4.78 is 23.8. The lowest BCUT2D eigenvalue weighted by molar-refractivity contribution is -0.131. The van der Waals surface area contributed by atoms with Crippen molar-refractivity contribution in [3.63, 3.8) is 0 Å². The Bertz CT molecular complexity index is 686. The molecule has 0 rings (SSSR count). The van der Waals surface area contributed by atoms with Crippen LogP contribution in [0.25, 0.3) is 0 Å². The van der Waals surface area contributed by atoms with E-state index >= 15 is 0 Å². The average molecular weight is 432 g/mol. The topological polar surface area (TPSA) is 135 Å². The second-order valence-corrected chi connectivity index (χ2v) is 10.5. The monoisotopic (exact) mass is 431 g/mol. The van der Waals surface area contributed by atoms with Crippen molar-refractivity contribution < 1.29 is 22.8 Å². The van der Waals surface area contributed by atoms with E-state index in [1.807, 2.05) is 41.5 Å². The summed E-state index contributed by atoms with van der Waals surface area (Å²) in [6, 6.07) is -2.90. The fraction of sp³-hybridized carbons (Fsp3) is 0.750. The Balaban J connectivity index is 5.50. The van der Waals surface area contributed by atoms with Gasteiger partial charge in [0.1, 0.15) is 12.1 Å². The first-order valence-electron chi connectivity index (χ1n) is 9.98. The van der Waals surface area contributed by atoms with Gasteiger partial charge in [-0.05, 0) is 37.0 Å². The van der Waals surface area contributed by atoms with Gasteiger partial charge in [-0.1, -0.05) is 48.1 Å². The van der Waals surface area contributed by atoms with Crippen molar-refractivity contribution in [1.82, 2.24) is 10.6 Å². The van der Waals surface area contributed by atoms with Gasteiger partial charge in [0.15, 0.2) is 0 Å². The summed E-state index contributed by atoms with van der Waals surface area (Å²) in [6.45, 7) is 14.4. The first-order chi connectivity index (χ1) is 13.2. The minimum absolute atomic E-state index is 0.0399. The van der Waals surface area contributed by atoms with Gasteiger partial charge in [0.2, 0.25) is 21.7 Å². The summed E-state index contributed by atoms with van der Waals surface area (Å²) in [5, 5.41) is 4.62. The van der Waals surface area contributed by atoms with Crippen LogP contribution < -0.4 is 16.4 Å². The number of nitrogens with two attached hydrogens (primary N) is 1. The maximum atomic E-state index is 12.8. The highest BCUT2D eigenvalue weighted by atomic mass is 32.2. The standard InChI is InChI=1S/C20H37N3O5S/c1-8-29(27,28)20(26)17(11-14(6)7)23-19(25)16(10-13(4)5)22-18(24)15(21)9-12(2)3/h8,12-17H,1,9-11,21H2,2-7H3,(H,22,24)(H,23,25)/t15-,16-,17-/m0/s1. The van der Waals surface area contributed by atoms with Crippen LogP contribution >= 0.6 is 0 Å². The quantitative estimate of drug-likeness (QED) is 0.428. The van der Waals surface area contributed by atoms with Gasteiger partial charge in [-0.3, -0.25) is 14.4 Å². The molecule has 0 spiro atoms. The SMILES string of the molecule is C=CS(=O)(=O)C(=O)[C@H](CC(C)C)NC(=O)[C@H](CC(C)C)NC(=O)[C@@H](N)CC(C)C. The van der Waals surface area contributed by atoms with E-state index in [9.17, 15) is 22.8 Å². The number of hydrogen-bond donors (Lipinski definition) is 3. The Morgan fingerprint density at radius 3 is 1.66 bits per heavy atom. The van der Waals surface area contributed by atoms with Crippen molar-refractivity contribution in [3.05, 3.63) is 12.0 Å². The van der Waals surface area contributed by atoms with Crippen molar-refractivity contribution in [2.45, 2.75) is 78.9 Å². The summed E-state index contributed by atoms with van der Waals surface area (Å²) in [4.78, 5) is 37.6. The van der Waals surface area contributed by atoms with Crippen LogP contribution in [0, 0.1) is 17.8 Å². The zero-order chi connectivity index (χ0) is 22.9. The summed E-state index contributed by atoms with van der Waals surface area (Å²) in [6.07, 6.45) is 0.934. The zero-order valence-electron chi connectivity index (χ0n) is 18.4.